The predicted molar refractivity (Wildman–Crippen MR) is 82.0 cm³/mol. The van der Waals surface area contributed by atoms with Gasteiger partial charge in [-0.15, -0.1) is 11.3 Å². The molecule has 3 nitrogen and oxygen atoms in total. The first-order valence-corrected chi connectivity index (χ1v) is 7.06. The van der Waals surface area contributed by atoms with Crippen LogP contribution >= 0.6 is 11.3 Å². The van der Waals surface area contributed by atoms with E-state index < -0.39 is 0 Å². The zero-order valence-electron chi connectivity index (χ0n) is 12.1. The number of hydrogen-bond acceptors (Lipinski definition) is 4. The second-order valence-corrected chi connectivity index (χ2v) is 6.85. The number of anilines is 1. The molecule has 0 radical (unpaired) electrons. The van der Waals surface area contributed by atoms with Crippen molar-refractivity contribution in [3.05, 3.63) is 28.8 Å². The monoisotopic (exact) mass is 276 g/mol. The quantitative estimate of drug-likeness (QED) is 0.901. The highest BCUT2D eigenvalue weighted by Crippen LogP contribution is 2.38. The number of aromatic nitrogens is 1. The van der Waals surface area contributed by atoms with Gasteiger partial charge in [-0.05, 0) is 30.0 Å². The van der Waals surface area contributed by atoms with Crippen molar-refractivity contribution >= 4 is 16.3 Å². The second-order valence-electron chi connectivity index (χ2n) is 5.61. The molecule has 0 saturated carbocycles. The molecule has 1 aromatic heterocycles. The number of rotatable bonds is 2. The molecular weight excluding hydrogens is 256 g/mol. The van der Waals surface area contributed by atoms with Gasteiger partial charge in [0.05, 0.1) is 12.1 Å². The highest BCUT2D eigenvalue weighted by molar-refractivity contribution is 7.16. The highest BCUT2D eigenvalue weighted by Gasteiger charge is 2.19. The van der Waals surface area contributed by atoms with Gasteiger partial charge in [0.15, 0.2) is 0 Å². The highest BCUT2D eigenvalue weighted by atomic mass is 32.1. The smallest absolute Gasteiger partial charge is 0.128 e. The number of hydrogen-bond donors (Lipinski definition) is 1. The van der Waals surface area contributed by atoms with Crippen LogP contribution in [0.15, 0.2) is 18.2 Å². The van der Waals surface area contributed by atoms with E-state index in [-0.39, 0.29) is 5.41 Å². The summed E-state index contributed by atoms with van der Waals surface area (Å²) < 4.78 is 5.44. The molecule has 0 saturated heterocycles. The molecule has 0 unspecified atom stereocenters. The Morgan fingerprint density at radius 1 is 1.26 bits per heavy atom. The van der Waals surface area contributed by atoms with E-state index in [1.165, 1.54) is 16.9 Å². The summed E-state index contributed by atoms with van der Waals surface area (Å²) in [5.41, 5.74) is 9.18. The van der Waals surface area contributed by atoms with Crippen molar-refractivity contribution in [2.24, 2.45) is 0 Å². The summed E-state index contributed by atoms with van der Waals surface area (Å²) in [6.45, 7) is 8.53. The number of nitrogens with zero attached hydrogens (tertiary/aromatic N) is 1. The average molecular weight is 276 g/mol. The van der Waals surface area contributed by atoms with E-state index in [1.807, 2.05) is 13.0 Å². The van der Waals surface area contributed by atoms with Gasteiger partial charge in [0.25, 0.3) is 0 Å². The average Bonchev–Trinajstić information content (AvgIpc) is 2.66. The third-order valence-electron chi connectivity index (χ3n) is 3.08. The van der Waals surface area contributed by atoms with Crippen LogP contribution in [0.1, 0.15) is 31.3 Å². The first kappa shape index (κ1) is 13.9. The maximum Gasteiger partial charge on any atom is 0.128 e. The van der Waals surface area contributed by atoms with Crippen LogP contribution in [0.4, 0.5) is 5.00 Å². The minimum atomic E-state index is 0.0842. The van der Waals surface area contributed by atoms with Crippen molar-refractivity contribution in [1.29, 1.82) is 0 Å². The summed E-state index contributed by atoms with van der Waals surface area (Å²) >= 11 is 1.51. The Kier molecular flexibility index (Phi) is 3.54. The minimum absolute atomic E-state index is 0.0842. The van der Waals surface area contributed by atoms with E-state index in [0.29, 0.717) is 0 Å². The number of nitrogens with two attached hydrogens (primary N) is 1. The Bertz CT molecular complexity index is 597. The van der Waals surface area contributed by atoms with Crippen LogP contribution in [-0.4, -0.2) is 12.1 Å². The van der Waals surface area contributed by atoms with Crippen molar-refractivity contribution in [2.75, 3.05) is 12.8 Å². The first-order chi connectivity index (χ1) is 8.82. The minimum Gasteiger partial charge on any atom is -0.496 e. The third kappa shape index (κ3) is 2.73. The maximum atomic E-state index is 6.06. The maximum absolute atomic E-state index is 6.06. The zero-order chi connectivity index (χ0) is 14.2. The lowest BCUT2D eigenvalue weighted by Crippen LogP contribution is -2.11. The molecule has 0 aliphatic rings. The molecule has 19 heavy (non-hydrogen) atoms. The lowest BCUT2D eigenvalue weighted by atomic mass is 9.85. The molecule has 0 fully saturated rings. The van der Waals surface area contributed by atoms with Gasteiger partial charge in [-0.3, -0.25) is 0 Å². The van der Waals surface area contributed by atoms with Gasteiger partial charge in [0.1, 0.15) is 16.4 Å². The fourth-order valence-electron chi connectivity index (χ4n) is 2.00. The number of methoxy groups -OCH3 is 1. The molecule has 2 N–H and O–H groups in total. The van der Waals surface area contributed by atoms with Gasteiger partial charge in [0, 0.05) is 5.56 Å². The summed E-state index contributed by atoms with van der Waals surface area (Å²) in [5.74, 6) is 0.810. The fourth-order valence-corrected chi connectivity index (χ4v) is 2.70. The van der Waals surface area contributed by atoms with Crippen LogP contribution in [0.5, 0.6) is 5.75 Å². The molecule has 0 aliphatic carbocycles. The molecule has 0 aliphatic heterocycles. The van der Waals surface area contributed by atoms with E-state index in [2.05, 4.69) is 37.9 Å². The number of ether oxygens (including phenoxy) is 1. The van der Waals surface area contributed by atoms with Gasteiger partial charge in [-0.1, -0.05) is 26.8 Å². The molecule has 0 atom stereocenters. The first-order valence-electron chi connectivity index (χ1n) is 6.24. The van der Waals surface area contributed by atoms with Gasteiger partial charge in [0.2, 0.25) is 0 Å². The van der Waals surface area contributed by atoms with Crippen LogP contribution in [0.25, 0.3) is 11.3 Å². The molecule has 1 heterocycles. The van der Waals surface area contributed by atoms with Crippen molar-refractivity contribution in [3.63, 3.8) is 0 Å². The normalized spacial score (nSPS) is 11.6. The molecule has 2 rings (SSSR count). The van der Waals surface area contributed by atoms with E-state index in [9.17, 15) is 0 Å². The Balaban J connectivity index is 2.63. The lowest BCUT2D eigenvalue weighted by Gasteiger charge is -2.20. The number of benzene rings is 1. The molecular formula is C15H20N2OS. The summed E-state index contributed by atoms with van der Waals surface area (Å²) in [7, 11) is 1.67. The molecule has 102 valence electrons. The topological polar surface area (TPSA) is 48.1 Å². The third-order valence-corrected chi connectivity index (χ3v) is 3.88. The Labute approximate surface area is 118 Å². The van der Waals surface area contributed by atoms with E-state index in [1.54, 1.807) is 7.11 Å². The Hall–Kier alpha value is -1.55. The standard InChI is InChI=1S/C15H20N2OS/c1-9-17-13(14(16)19-9)11-8-10(15(2,3)4)6-7-12(11)18-5/h6-8H,16H2,1-5H3. The van der Waals surface area contributed by atoms with Crippen LogP contribution in [0.3, 0.4) is 0 Å². The number of aryl methyl sites for hydroxylation is 1. The van der Waals surface area contributed by atoms with Gasteiger partial charge in [-0.2, -0.15) is 0 Å². The molecule has 2 aromatic rings. The summed E-state index contributed by atoms with van der Waals surface area (Å²) in [5, 5.41) is 1.71. The van der Waals surface area contributed by atoms with Gasteiger partial charge < -0.3 is 10.5 Å². The molecule has 0 amide bonds. The fraction of sp³-hybridized carbons (Fsp3) is 0.400. The van der Waals surface area contributed by atoms with E-state index in [0.717, 1.165) is 27.0 Å². The van der Waals surface area contributed by atoms with Crippen molar-refractivity contribution in [3.8, 4) is 17.0 Å². The number of thiazole rings is 1. The summed E-state index contributed by atoms with van der Waals surface area (Å²) in [6.07, 6.45) is 0. The van der Waals surface area contributed by atoms with Crippen molar-refractivity contribution in [2.45, 2.75) is 33.1 Å². The predicted octanol–water partition coefficient (Wildman–Crippen LogP) is 4.01. The molecule has 0 spiro atoms. The van der Waals surface area contributed by atoms with Crippen molar-refractivity contribution < 1.29 is 4.74 Å². The molecule has 1 aromatic carbocycles. The van der Waals surface area contributed by atoms with E-state index in [4.69, 9.17) is 10.5 Å². The largest absolute Gasteiger partial charge is 0.496 e. The summed E-state index contributed by atoms with van der Waals surface area (Å²) in [6, 6.07) is 6.21. The lowest BCUT2D eigenvalue weighted by molar-refractivity contribution is 0.416. The Morgan fingerprint density at radius 3 is 2.42 bits per heavy atom. The number of nitrogen functional groups attached to an aromatic ring is 1. The van der Waals surface area contributed by atoms with Gasteiger partial charge >= 0.3 is 0 Å². The Morgan fingerprint density at radius 2 is 1.95 bits per heavy atom. The van der Waals surface area contributed by atoms with Crippen LogP contribution in [-0.2, 0) is 5.41 Å². The SMILES string of the molecule is COc1ccc(C(C)(C)C)cc1-c1nc(C)sc1N. The summed E-state index contributed by atoms with van der Waals surface area (Å²) in [4.78, 5) is 4.53. The van der Waals surface area contributed by atoms with Crippen LogP contribution in [0, 0.1) is 6.92 Å². The van der Waals surface area contributed by atoms with Crippen LogP contribution < -0.4 is 10.5 Å². The molecule has 4 heteroatoms. The second kappa shape index (κ2) is 4.85. The molecule has 0 bridgehead atoms. The van der Waals surface area contributed by atoms with E-state index >= 15 is 0 Å². The van der Waals surface area contributed by atoms with Crippen molar-refractivity contribution in [1.82, 2.24) is 4.98 Å². The zero-order valence-corrected chi connectivity index (χ0v) is 12.9. The van der Waals surface area contributed by atoms with Crippen LogP contribution in [0.2, 0.25) is 0 Å². The van der Waals surface area contributed by atoms with Gasteiger partial charge in [-0.25, -0.2) is 4.98 Å².